The second-order valence-corrected chi connectivity index (χ2v) is 10.2. The average molecular weight is 377 g/mol. The monoisotopic (exact) mass is 376 g/mol. The molecule has 1 aliphatic heterocycles. The normalized spacial score (nSPS) is 21.4. The van der Waals surface area contributed by atoms with Crippen LogP contribution in [-0.2, 0) is 17.6 Å². The van der Waals surface area contributed by atoms with E-state index in [4.69, 9.17) is 0 Å². The van der Waals surface area contributed by atoms with Crippen molar-refractivity contribution in [3.63, 3.8) is 0 Å². The van der Waals surface area contributed by atoms with E-state index >= 15 is 0 Å². The second-order valence-electron chi connectivity index (χ2n) is 9.04. The van der Waals surface area contributed by atoms with Gasteiger partial charge in [-0.25, -0.2) is 0 Å². The van der Waals surface area contributed by atoms with Crippen LogP contribution in [0, 0.1) is 17.3 Å². The van der Waals surface area contributed by atoms with Crippen molar-refractivity contribution in [3.05, 3.63) is 21.4 Å². The lowest BCUT2D eigenvalue weighted by molar-refractivity contribution is -0.119. The van der Waals surface area contributed by atoms with E-state index in [1.54, 1.807) is 18.3 Å². The summed E-state index contributed by atoms with van der Waals surface area (Å²) in [6.07, 6.45) is 5.42. The van der Waals surface area contributed by atoms with Crippen molar-refractivity contribution < 1.29 is 9.59 Å². The fourth-order valence-corrected chi connectivity index (χ4v) is 5.33. The van der Waals surface area contributed by atoms with Gasteiger partial charge in [0.25, 0.3) is 5.91 Å². The van der Waals surface area contributed by atoms with Crippen LogP contribution in [0.1, 0.15) is 67.1 Å². The van der Waals surface area contributed by atoms with Gasteiger partial charge in [0.15, 0.2) is 0 Å². The number of hydrogen-bond donors (Lipinski definition) is 1. The number of nitrogens with one attached hydrogen (secondary N) is 1. The molecule has 4 nitrogen and oxygen atoms in total. The van der Waals surface area contributed by atoms with Gasteiger partial charge in [0.1, 0.15) is 0 Å². The quantitative estimate of drug-likeness (QED) is 0.870. The van der Waals surface area contributed by atoms with Crippen molar-refractivity contribution in [1.82, 2.24) is 10.2 Å². The highest BCUT2D eigenvalue weighted by atomic mass is 32.1. The molecule has 1 aromatic rings. The summed E-state index contributed by atoms with van der Waals surface area (Å²) in [5.41, 5.74) is 1.74. The lowest BCUT2D eigenvalue weighted by Crippen LogP contribution is -2.41. The zero-order valence-corrected chi connectivity index (χ0v) is 17.4. The first-order valence-electron chi connectivity index (χ1n) is 9.89. The molecular formula is C21H32N2O2S. The van der Waals surface area contributed by atoms with Crippen LogP contribution in [0.3, 0.4) is 0 Å². The molecule has 1 N–H and O–H groups in total. The highest BCUT2D eigenvalue weighted by Gasteiger charge is 2.31. The summed E-state index contributed by atoms with van der Waals surface area (Å²) in [5, 5.41) is 2.90. The van der Waals surface area contributed by atoms with Crippen molar-refractivity contribution >= 4 is 23.2 Å². The Morgan fingerprint density at radius 1 is 1.23 bits per heavy atom. The predicted molar refractivity (Wildman–Crippen MR) is 107 cm³/mol. The van der Waals surface area contributed by atoms with Crippen LogP contribution in [0.5, 0.6) is 0 Å². The molecule has 2 aliphatic rings. The molecule has 5 heteroatoms. The van der Waals surface area contributed by atoms with Gasteiger partial charge >= 0.3 is 0 Å². The summed E-state index contributed by atoms with van der Waals surface area (Å²) in [5.74, 6) is 1.43. The van der Waals surface area contributed by atoms with Crippen molar-refractivity contribution in [2.45, 2.75) is 59.8 Å². The molecule has 26 heavy (non-hydrogen) atoms. The molecule has 2 heterocycles. The van der Waals surface area contributed by atoms with Gasteiger partial charge in [-0.2, -0.15) is 0 Å². The molecule has 1 atom stereocenters. The summed E-state index contributed by atoms with van der Waals surface area (Å²) >= 11 is 1.72. The number of thiophene rings is 1. The summed E-state index contributed by atoms with van der Waals surface area (Å²) in [6.45, 7) is 10.9. The predicted octanol–water partition coefficient (Wildman–Crippen LogP) is 3.89. The van der Waals surface area contributed by atoms with Gasteiger partial charge in [-0.05, 0) is 61.0 Å². The van der Waals surface area contributed by atoms with Crippen molar-refractivity contribution in [2.75, 3.05) is 19.6 Å². The van der Waals surface area contributed by atoms with E-state index in [0.29, 0.717) is 17.3 Å². The highest BCUT2D eigenvalue weighted by Crippen LogP contribution is 2.40. The Kier molecular flexibility index (Phi) is 5.75. The largest absolute Gasteiger partial charge is 0.356 e. The summed E-state index contributed by atoms with van der Waals surface area (Å²) in [7, 11) is 0. The third kappa shape index (κ3) is 4.48. The van der Waals surface area contributed by atoms with E-state index < -0.39 is 0 Å². The molecule has 1 unspecified atom stereocenters. The number of rotatable bonds is 3. The first kappa shape index (κ1) is 19.4. The van der Waals surface area contributed by atoms with Crippen LogP contribution in [0.25, 0.3) is 0 Å². The molecule has 1 fully saturated rings. The third-order valence-electron chi connectivity index (χ3n) is 6.06. The molecule has 0 saturated carbocycles. The number of nitrogens with zero attached hydrogens (tertiary/aromatic N) is 1. The lowest BCUT2D eigenvalue weighted by atomic mass is 9.72. The summed E-state index contributed by atoms with van der Waals surface area (Å²) in [6, 6.07) is 2.17. The maximum atomic E-state index is 12.9. The van der Waals surface area contributed by atoms with Gasteiger partial charge in [-0.15, -0.1) is 11.3 Å². The number of piperidine rings is 1. The fourth-order valence-electron chi connectivity index (χ4n) is 4.15. The first-order valence-corrected chi connectivity index (χ1v) is 10.7. The maximum Gasteiger partial charge on any atom is 0.263 e. The molecule has 144 valence electrons. The van der Waals surface area contributed by atoms with Gasteiger partial charge in [0.05, 0.1) is 4.88 Å². The van der Waals surface area contributed by atoms with Crippen LogP contribution in [0.2, 0.25) is 0 Å². The van der Waals surface area contributed by atoms with Crippen molar-refractivity contribution in [3.8, 4) is 0 Å². The summed E-state index contributed by atoms with van der Waals surface area (Å²) < 4.78 is 0. The number of amides is 2. The van der Waals surface area contributed by atoms with E-state index in [0.717, 1.165) is 50.2 Å². The first-order chi connectivity index (χ1) is 12.2. The molecular weight excluding hydrogens is 344 g/mol. The average Bonchev–Trinajstić information content (AvgIpc) is 3.02. The molecule has 3 rings (SSSR count). The number of likely N-dealkylation sites (tertiary alicyclic amines) is 1. The van der Waals surface area contributed by atoms with Crippen molar-refractivity contribution in [2.24, 2.45) is 17.3 Å². The minimum absolute atomic E-state index is 0.0289. The van der Waals surface area contributed by atoms with E-state index in [1.807, 2.05) is 4.90 Å². The SMILES string of the molecule is CC(=O)NCC1CCN(C(=O)c2cc3c(s2)CCC(C(C)(C)C)C3)CC1. The number of hydrogen-bond acceptors (Lipinski definition) is 3. The molecule has 1 saturated heterocycles. The van der Waals surface area contributed by atoms with E-state index in [1.165, 1.54) is 16.9 Å². The lowest BCUT2D eigenvalue weighted by Gasteiger charge is -2.33. The minimum Gasteiger partial charge on any atom is -0.356 e. The van der Waals surface area contributed by atoms with Gasteiger partial charge in [0.2, 0.25) is 5.91 Å². The van der Waals surface area contributed by atoms with Crippen LogP contribution < -0.4 is 5.32 Å². The number of fused-ring (bicyclic) bond motifs is 1. The molecule has 0 radical (unpaired) electrons. The number of carbonyl (C=O) groups excluding carboxylic acids is 2. The number of aryl methyl sites for hydroxylation is 1. The van der Waals surface area contributed by atoms with Gasteiger partial charge in [-0.1, -0.05) is 20.8 Å². The van der Waals surface area contributed by atoms with E-state index in [2.05, 4.69) is 32.2 Å². The Balaban J connectivity index is 1.59. The van der Waals surface area contributed by atoms with Crippen LogP contribution in [-0.4, -0.2) is 36.3 Å². The molecule has 0 aromatic carbocycles. The summed E-state index contributed by atoms with van der Waals surface area (Å²) in [4.78, 5) is 28.3. The van der Waals surface area contributed by atoms with Gasteiger partial charge in [0, 0.05) is 31.4 Å². The highest BCUT2D eigenvalue weighted by molar-refractivity contribution is 7.14. The number of carbonyl (C=O) groups is 2. The van der Waals surface area contributed by atoms with Gasteiger partial charge < -0.3 is 10.2 Å². The molecule has 1 aliphatic carbocycles. The minimum atomic E-state index is 0.0289. The van der Waals surface area contributed by atoms with Crippen LogP contribution in [0.15, 0.2) is 6.07 Å². The Bertz CT molecular complexity index is 666. The Labute approximate surface area is 161 Å². The fraction of sp³-hybridized carbons (Fsp3) is 0.714. The van der Waals surface area contributed by atoms with Crippen molar-refractivity contribution in [1.29, 1.82) is 0 Å². The Morgan fingerprint density at radius 3 is 2.54 bits per heavy atom. The van der Waals surface area contributed by atoms with E-state index in [-0.39, 0.29) is 11.8 Å². The maximum absolute atomic E-state index is 12.9. The third-order valence-corrected chi connectivity index (χ3v) is 7.28. The molecule has 1 aromatic heterocycles. The van der Waals surface area contributed by atoms with Gasteiger partial charge in [-0.3, -0.25) is 9.59 Å². The molecule has 0 spiro atoms. The molecule has 0 bridgehead atoms. The van der Waals surface area contributed by atoms with E-state index in [9.17, 15) is 9.59 Å². The zero-order chi connectivity index (χ0) is 18.9. The topological polar surface area (TPSA) is 49.4 Å². The second kappa shape index (κ2) is 7.71. The van der Waals surface area contributed by atoms with Crippen LogP contribution in [0.4, 0.5) is 0 Å². The Morgan fingerprint density at radius 2 is 1.92 bits per heavy atom. The standard InChI is InChI=1S/C21H32N2O2S/c1-14(24)22-13-15-7-9-23(10-8-15)20(25)19-12-16-11-17(21(2,3)4)5-6-18(16)26-19/h12,15,17H,5-11,13H2,1-4H3,(H,22,24). The zero-order valence-electron chi connectivity index (χ0n) is 16.6. The smallest absolute Gasteiger partial charge is 0.263 e. The van der Waals surface area contributed by atoms with Crippen LogP contribution >= 0.6 is 11.3 Å². The molecule has 2 amide bonds. The Hall–Kier alpha value is -1.36.